The van der Waals surface area contributed by atoms with E-state index < -0.39 is 0 Å². The first kappa shape index (κ1) is 19.5. The van der Waals surface area contributed by atoms with Gasteiger partial charge < -0.3 is 4.90 Å². The lowest BCUT2D eigenvalue weighted by atomic mass is 9.55. The van der Waals surface area contributed by atoms with E-state index in [1.807, 2.05) is 46.1 Å². The summed E-state index contributed by atoms with van der Waals surface area (Å²) in [6.45, 7) is 1.61. The third-order valence-electron chi connectivity index (χ3n) is 8.06. The second-order valence-corrected chi connectivity index (χ2v) is 9.69. The van der Waals surface area contributed by atoms with Gasteiger partial charge in [-0.1, -0.05) is 12.1 Å². The molecule has 4 fully saturated rings. The normalized spacial score (nSPS) is 28.6. The summed E-state index contributed by atoms with van der Waals surface area (Å²) in [5.41, 5.74) is 2.73. The molecular weight excluding hydrogens is 403 g/mol. The molecule has 2 bridgehead atoms. The molecule has 0 N–H and O–H groups in total. The lowest BCUT2D eigenvalue weighted by molar-refractivity contribution is -0.154. The quantitative estimate of drug-likeness (QED) is 0.606. The van der Waals surface area contributed by atoms with E-state index in [9.17, 15) is 9.18 Å². The van der Waals surface area contributed by atoms with Gasteiger partial charge in [-0.05, 0) is 79.3 Å². The number of rotatable bonds is 4. The average Bonchev–Trinajstić information content (AvgIpc) is 3.15. The molecule has 4 aliphatic rings. The number of aromatic nitrogens is 2. The first-order chi connectivity index (χ1) is 15.6. The summed E-state index contributed by atoms with van der Waals surface area (Å²) in [5.74, 6) is 1.74. The number of carbonyl (C=O) groups excluding carboxylic acids is 1. The van der Waals surface area contributed by atoms with Gasteiger partial charge in [-0.3, -0.25) is 9.48 Å². The van der Waals surface area contributed by atoms with Crippen molar-refractivity contribution < 1.29 is 9.18 Å². The maximum atomic E-state index is 13.5. The molecule has 0 spiro atoms. The van der Waals surface area contributed by atoms with Gasteiger partial charge in [0.1, 0.15) is 5.82 Å². The Morgan fingerprint density at radius 2 is 1.94 bits per heavy atom. The molecule has 1 unspecified atom stereocenters. The summed E-state index contributed by atoms with van der Waals surface area (Å²) in [6.07, 6.45) is 5.96. The molecule has 1 aliphatic heterocycles. The summed E-state index contributed by atoms with van der Waals surface area (Å²) >= 11 is 0. The number of hydrogen-bond donors (Lipinski definition) is 0. The number of amides is 1. The van der Waals surface area contributed by atoms with Crippen LogP contribution in [0.1, 0.15) is 42.9 Å². The van der Waals surface area contributed by atoms with Crippen molar-refractivity contribution in [2.24, 2.45) is 23.7 Å². The van der Waals surface area contributed by atoms with E-state index in [1.165, 1.54) is 12.1 Å². The van der Waals surface area contributed by atoms with E-state index in [4.69, 9.17) is 5.26 Å². The van der Waals surface area contributed by atoms with E-state index >= 15 is 0 Å². The highest BCUT2D eigenvalue weighted by molar-refractivity contribution is 5.81. The van der Waals surface area contributed by atoms with Gasteiger partial charge in [0.05, 0.1) is 29.4 Å². The smallest absolute Gasteiger partial charge is 0.226 e. The zero-order valence-electron chi connectivity index (χ0n) is 17.8. The molecule has 7 rings (SSSR count). The number of carbonyl (C=O) groups is 1. The standard InChI is InChI=1S/C26H25FN4O/c27-22-4-2-17(3-5-22)24-7-8-30(24)26(32)23-12-21(18-10-19(23)11-18)15-31-25-6-1-16(13-28)9-20(25)14-29-31/h1-6,9,14,18-19,21,23-24H,7-8,10-12,15H2/t18?,19?,21-,23-,24?/m0/s1. The Kier molecular flexibility index (Phi) is 4.53. The third-order valence-corrected chi connectivity index (χ3v) is 8.06. The van der Waals surface area contributed by atoms with Gasteiger partial charge in [-0.25, -0.2) is 4.39 Å². The molecule has 32 heavy (non-hydrogen) atoms. The number of likely N-dealkylation sites (tertiary alicyclic amines) is 1. The van der Waals surface area contributed by atoms with Gasteiger partial charge in [-0.2, -0.15) is 10.4 Å². The van der Waals surface area contributed by atoms with Gasteiger partial charge >= 0.3 is 0 Å². The van der Waals surface area contributed by atoms with Gasteiger partial charge in [0.2, 0.25) is 5.91 Å². The van der Waals surface area contributed by atoms with Crippen molar-refractivity contribution >= 4 is 16.8 Å². The van der Waals surface area contributed by atoms with Crippen LogP contribution in [0.3, 0.4) is 0 Å². The number of halogens is 1. The van der Waals surface area contributed by atoms with Crippen LogP contribution < -0.4 is 0 Å². The van der Waals surface area contributed by atoms with Crippen LogP contribution in [0.2, 0.25) is 0 Å². The number of benzene rings is 2. The monoisotopic (exact) mass is 428 g/mol. The van der Waals surface area contributed by atoms with E-state index in [2.05, 4.69) is 11.2 Å². The average molecular weight is 429 g/mol. The Morgan fingerprint density at radius 1 is 1.12 bits per heavy atom. The maximum Gasteiger partial charge on any atom is 0.226 e. The van der Waals surface area contributed by atoms with E-state index in [0.717, 1.165) is 55.2 Å². The Hall–Kier alpha value is -3.20. The minimum atomic E-state index is -0.239. The second-order valence-electron chi connectivity index (χ2n) is 9.69. The van der Waals surface area contributed by atoms with Gasteiger partial charge in [0, 0.05) is 24.4 Å². The SMILES string of the molecule is N#Cc1ccc2c(cnn2C[C@@H]2C[C@H](C(=O)N3CCC3c3ccc(F)cc3)C3CC2C3)c1. The van der Waals surface area contributed by atoms with Crippen LogP contribution in [-0.2, 0) is 11.3 Å². The van der Waals surface area contributed by atoms with Crippen LogP contribution in [0, 0.1) is 40.8 Å². The predicted octanol–water partition coefficient (Wildman–Crippen LogP) is 4.68. The summed E-state index contributed by atoms with van der Waals surface area (Å²) in [7, 11) is 0. The van der Waals surface area contributed by atoms with Gasteiger partial charge in [0.15, 0.2) is 0 Å². The van der Waals surface area contributed by atoms with Crippen LogP contribution in [0.4, 0.5) is 4.39 Å². The number of nitrogens with zero attached hydrogens (tertiary/aromatic N) is 4. The first-order valence-electron chi connectivity index (χ1n) is 11.5. The highest BCUT2D eigenvalue weighted by Crippen LogP contribution is 2.54. The van der Waals surface area contributed by atoms with E-state index in [-0.39, 0.29) is 23.7 Å². The molecular formula is C26H25FN4O. The van der Waals surface area contributed by atoms with Crippen LogP contribution >= 0.6 is 0 Å². The molecule has 162 valence electrons. The van der Waals surface area contributed by atoms with Crippen LogP contribution in [-0.4, -0.2) is 27.1 Å². The molecule has 1 aromatic heterocycles. The van der Waals surface area contributed by atoms with Crippen LogP contribution in [0.5, 0.6) is 0 Å². The molecule has 3 atom stereocenters. The van der Waals surface area contributed by atoms with Crippen molar-refractivity contribution in [3.8, 4) is 6.07 Å². The number of hydrogen-bond acceptors (Lipinski definition) is 3. The van der Waals surface area contributed by atoms with Gasteiger partial charge in [0.25, 0.3) is 0 Å². The van der Waals surface area contributed by atoms with Crippen molar-refractivity contribution in [2.45, 2.75) is 38.3 Å². The largest absolute Gasteiger partial charge is 0.335 e. The second kappa shape index (κ2) is 7.44. The zero-order valence-corrected chi connectivity index (χ0v) is 17.8. The maximum absolute atomic E-state index is 13.5. The molecule has 2 heterocycles. The predicted molar refractivity (Wildman–Crippen MR) is 118 cm³/mol. The fraction of sp³-hybridized carbons (Fsp3) is 0.423. The number of fused-ring (bicyclic) bond motifs is 3. The van der Waals surface area contributed by atoms with E-state index in [0.29, 0.717) is 23.3 Å². The molecule has 3 aromatic rings. The van der Waals surface area contributed by atoms with Crippen molar-refractivity contribution in [1.82, 2.24) is 14.7 Å². The minimum absolute atomic E-state index is 0.0836. The number of nitriles is 1. The van der Waals surface area contributed by atoms with Crippen molar-refractivity contribution in [2.75, 3.05) is 6.54 Å². The first-order valence-corrected chi connectivity index (χ1v) is 11.5. The molecule has 5 nitrogen and oxygen atoms in total. The molecule has 6 heteroatoms. The topological polar surface area (TPSA) is 61.9 Å². The molecule has 1 saturated heterocycles. The van der Waals surface area contributed by atoms with Gasteiger partial charge in [-0.15, -0.1) is 0 Å². The molecule has 1 amide bonds. The van der Waals surface area contributed by atoms with Crippen molar-refractivity contribution in [3.63, 3.8) is 0 Å². The third kappa shape index (κ3) is 3.10. The van der Waals surface area contributed by atoms with Crippen molar-refractivity contribution in [1.29, 1.82) is 5.26 Å². The Balaban J connectivity index is 1.18. The minimum Gasteiger partial charge on any atom is -0.335 e. The van der Waals surface area contributed by atoms with Crippen molar-refractivity contribution in [3.05, 3.63) is 65.6 Å². The van der Waals surface area contributed by atoms with Crippen LogP contribution in [0.25, 0.3) is 10.9 Å². The Morgan fingerprint density at radius 3 is 2.66 bits per heavy atom. The lowest BCUT2D eigenvalue weighted by Gasteiger charge is -2.53. The highest BCUT2D eigenvalue weighted by Gasteiger charge is 2.51. The molecule has 3 saturated carbocycles. The molecule has 3 aliphatic carbocycles. The highest BCUT2D eigenvalue weighted by atomic mass is 19.1. The molecule has 2 aromatic carbocycles. The fourth-order valence-corrected chi connectivity index (χ4v) is 6.08. The molecule has 0 radical (unpaired) electrons. The fourth-order valence-electron chi connectivity index (χ4n) is 6.08. The van der Waals surface area contributed by atoms with Crippen LogP contribution in [0.15, 0.2) is 48.7 Å². The summed E-state index contributed by atoms with van der Waals surface area (Å²) in [5, 5.41) is 14.7. The summed E-state index contributed by atoms with van der Waals surface area (Å²) < 4.78 is 15.4. The summed E-state index contributed by atoms with van der Waals surface area (Å²) in [6, 6.07) is 14.5. The van der Waals surface area contributed by atoms with E-state index in [1.54, 1.807) is 0 Å². The Labute approximate surface area is 186 Å². The summed E-state index contributed by atoms with van der Waals surface area (Å²) in [4.78, 5) is 15.5. The zero-order chi connectivity index (χ0) is 21.8. The lowest BCUT2D eigenvalue weighted by Crippen LogP contribution is -2.54. The Bertz CT molecular complexity index is 1220.